The minimum Gasteiger partial charge on any atom is -0.493 e. The van der Waals surface area contributed by atoms with E-state index >= 15 is 0 Å². The molecule has 7 nitrogen and oxygen atoms in total. The van der Waals surface area contributed by atoms with Crippen LogP contribution in [0.25, 0.3) is 6.08 Å². The van der Waals surface area contributed by atoms with E-state index in [0.29, 0.717) is 40.7 Å². The summed E-state index contributed by atoms with van der Waals surface area (Å²) in [4.78, 5) is 24.4. The summed E-state index contributed by atoms with van der Waals surface area (Å²) in [6.45, 7) is 0.299. The fourth-order valence-corrected chi connectivity index (χ4v) is 3.25. The van der Waals surface area contributed by atoms with Crippen molar-refractivity contribution >= 4 is 17.8 Å². The Hall–Kier alpha value is -4.26. The van der Waals surface area contributed by atoms with Crippen LogP contribution in [0.2, 0.25) is 0 Å². The van der Waals surface area contributed by atoms with Crippen LogP contribution in [0.5, 0.6) is 23.0 Å². The van der Waals surface area contributed by atoms with Crippen LogP contribution < -0.4 is 18.9 Å². The van der Waals surface area contributed by atoms with Crippen LogP contribution in [0.4, 0.5) is 0 Å². The predicted molar refractivity (Wildman–Crippen MR) is 128 cm³/mol. The molecule has 0 aliphatic heterocycles. The van der Waals surface area contributed by atoms with Crippen molar-refractivity contribution in [1.82, 2.24) is 0 Å². The van der Waals surface area contributed by atoms with E-state index in [1.54, 1.807) is 42.5 Å². The average molecular weight is 462 g/mol. The van der Waals surface area contributed by atoms with Gasteiger partial charge in [-0.15, -0.1) is 0 Å². The van der Waals surface area contributed by atoms with Crippen molar-refractivity contribution in [2.24, 2.45) is 0 Å². The molecule has 34 heavy (non-hydrogen) atoms. The van der Waals surface area contributed by atoms with Crippen LogP contribution in [0.3, 0.4) is 0 Å². The molecule has 176 valence electrons. The van der Waals surface area contributed by atoms with Crippen molar-refractivity contribution in [3.63, 3.8) is 0 Å². The molecule has 0 aliphatic carbocycles. The number of para-hydroxylation sites is 1. The number of methoxy groups -OCH3 is 4. The molecule has 0 saturated heterocycles. The molecule has 0 saturated carbocycles. The normalized spacial score (nSPS) is 10.6. The lowest BCUT2D eigenvalue weighted by molar-refractivity contribution is 0.0600. The molecule has 0 aliphatic rings. The van der Waals surface area contributed by atoms with Gasteiger partial charge in [0.15, 0.2) is 17.3 Å². The summed E-state index contributed by atoms with van der Waals surface area (Å²) < 4.78 is 26.6. The number of carbonyl (C=O) groups excluding carboxylic acids is 2. The van der Waals surface area contributed by atoms with Gasteiger partial charge in [-0.3, -0.25) is 4.79 Å². The van der Waals surface area contributed by atoms with Crippen LogP contribution >= 0.6 is 0 Å². The molecule has 0 unspecified atom stereocenters. The van der Waals surface area contributed by atoms with Gasteiger partial charge in [-0.2, -0.15) is 0 Å². The van der Waals surface area contributed by atoms with Gasteiger partial charge in [0.1, 0.15) is 12.4 Å². The van der Waals surface area contributed by atoms with Crippen LogP contribution in [0, 0.1) is 0 Å². The number of hydrogen-bond acceptors (Lipinski definition) is 7. The fraction of sp³-hybridized carbons (Fsp3) is 0.185. The molecule has 7 heteroatoms. The molecule has 3 rings (SSSR count). The van der Waals surface area contributed by atoms with Crippen LogP contribution in [-0.2, 0) is 11.3 Å². The summed E-state index contributed by atoms with van der Waals surface area (Å²) in [6.07, 6.45) is 3.16. The summed E-state index contributed by atoms with van der Waals surface area (Å²) in [7, 11) is 5.85. The summed E-state index contributed by atoms with van der Waals surface area (Å²) in [5, 5.41) is 0. The van der Waals surface area contributed by atoms with E-state index in [0.717, 1.165) is 11.1 Å². The second kappa shape index (κ2) is 11.6. The van der Waals surface area contributed by atoms with Gasteiger partial charge >= 0.3 is 5.97 Å². The number of esters is 1. The Kier molecular flexibility index (Phi) is 8.29. The highest BCUT2D eigenvalue weighted by atomic mass is 16.5. The molecule has 0 amide bonds. The lowest BCUT2D eigenvalue weighted by atomic mass is 10.1. The zero-order valence-corrected chi connectivity index (χ0v) is 19.5. The van der Waals surface area contributed by atoms with Gasteiger partial charge in [0.25, 0.3) is 0 Å². The Morgan fingerprint density at radius 3 is 2.00 bits per heavy atom. The maximum Gasteiger partial charge on any atom is 0.337 e. The van der Waals surface area contributed by atoms with E-state index in [9.17, 15) is 9.59 Å². The van der Waals surface area contributed by atoms with Crippen molar-refractivity contribution < 1.29 is 33.3 Å². The lowest BCUT2D eigenvalue weighted by Gasteiger charge is -2.13. The molecule has 3 aromatic carbocycles. The highest BCUT2D eigenvalue weighted by molar-refractivity contribution is 6.07. The monoisotopic (exact) mass is 462 g/mol. The summed E-state index contributed by atoms with van der Waals surface area (Å²) in [6, 6.07) is 17.6. The second-order valence-corrected chi connectivity index (χ2v) is 7.13. The quantitative estimate of drug-likeness (QED) is 0.239. The van der Waals surface area contributed by atoms with Gasteiger partial charge in [0, 0.05) is 11.1 Å². The highest BCUT2D eigenvalue weighted by Gasteiger charge is 2.16. The third-order valence-electron chi connectivity index (χ3n) is 5.05. The van der Waals surface area contributed by atoms with Crippen molar-refractivity contribution in [1.29, 1.82) is 0 Å². The Balaban J connectivity index is 1.75. The zero-order chi connectivity index (χ0) is 24.5. The first kappa shape index (κ1) is 24.4. The van der Waals surface area contributed by atoms with Gasteiger partial charge in [-0.25, -0.2) is 4.79 Å². The van der Waals surface area contributed by atoms with Gasteiger partial charge < -0.3 is 23.7 Å². The first-order valence-corrected chi connectivity index (χ1v) is 10.4. The number of allylic oxidation sites excluding steroid dienone is 1. The highest BCUT2D eigenvalue weighted by Crippen LogP contribution is 2.38. The topological polar surface area (TPSA) is 80.3 Å². The Labute approximate surface area is 198 Å². The molecule has 0 N–H and O–H groups in total. The minimum atomic E-state index is -0.389. The molecule has 0 radical (unpaired) electrons. The molecular weight excluding hydrogens is 436 g/mol. The first-order valence-electron chi connectivity index (χ1n) is 10.4. The van der Waals surface area contributed by atoms with Gasteiger partial charge in [-0.05, 0) is 48.0 Å². The van der Waals surface area contributed by atoms with Crippen LogP contribution in [0.15, 0.2) is 66.7 Å². The number of benzene rings is 3. The first-order chi connectivity index (χ1) is 16.5. The van der Waals surface area contributed by atoms with Crippen molar-refractivity contribution in [3.8, 4) is 23.0 Å². The molecule has 0 heterocycles. The summed E-state index contributed by atoms with van der Waals surface area (Å²) in [5.74, 6) is 1.23. The molecule has 0 atom stereocenters. The number of carbonyl (C=O) groups is 2. The maximum absolute atomic E-state index is 12.8. The SMILES string of the molecule is COC(=O)c1ccc(COc2ccccc2C=CC(=O)c2cc(OC)c(OC)c(OC)c2)cc1. The van der Waals surface area contributed by atoms with Gasteiger partial charge in [0.05, 0.1) is 34.0 Å². The predicted octanol–water partition coefficient (Wildman–Crippen LogP) is 4.97. The number of ether oxygens (including phenoxy) is 5. The van der Waals surface area contributed by atoms with E-state index in [2.05, 4.69) is 0 Å². The third-order valence-corrected chi connectivity index (χ3v) is 5.05. The molecular formula is C27H26O7. The largest absolute Gasteiger partial charge is 0.493 e. The van der Waals surface area contributed by atoms with E-state index in [-0.39, 0.29) is 11.8 Å². The maximum atomic E-state index is 12.8. The Bertz CT molecular complexity index is 1150. The van der Waals surface area contributed by atoms with E-state index in [1.165, 1.54) is 34.5 Å². The third kappa shape index (κ3) is 5.75. The smallest absolute Gasteiger partial charge is 0.337 e. The minimum absolute atomic E-state index is 0.229. The Morgan fingerprint density at radius 2 is 1.41 bits per heavy atom. The zero-order valence-electron chi connectivity index (χ0n) is 19.5. The van der Waals surface area contributed by atoms with E-state index < -0.39 is 0 Å². The number of hydrogen-bond donors (Lipinski definition) is 0. The Morgan fingerprint density at radius 1 is 0.765 bits per heavy atom. The molecule has 0 fully saturated rings. The number of ketones is 1. The molecule has 0 bridgehead atoms. The lowest BCUT2D eigenvalue weighted by Crippen LogP contribution is -2.02. The van der Waals surface area contributed by atoms with Crippen molar-refractivity contribution in [2.75, 3.05) is 28.4 Å². The number of rotatable bonds is 10. The van der Waals surface area contributed by atoms with Crippen molar-refractivity contribution in [2.45, 2.75) is 6.61 Å². The molecule has 0 spiro atoms. The van der Waals surface area contributed by atoms with Gasteiger partial charge in [0.2, 0.25) is 5.75 Å². The second-order valence-electron chi connectivity index (χ2n) is 7.13. The molecule has 3 aromatic rings. The van der Waals surface area contributed by atoms with Crippen LogP contribution in [-0.4, -0.2) is 40.2 Å². The average Bonchev–Trinajstić information content (AvgIpc) is 2.89. The van der Waals surface area contributed by atoms with Gasteiger partial charge in [-0.1, -0.05) is 30.3 Å². The van der Waals surface area contributed by atoms with Crippen molar-refractivity contribution in [3.05, 3.63) is 89.0 Å². The standard InChI is InChI=1S/C27H26O7/c1-30-24-15-21(16-25(31-2)26(24)32-3)22(28)14-13-19-7-5-6-8-23(19)34-17-18-9-11-20(12-10-18)27(29)33-4/h5-16H,17H2,1-4H3. The molecule has 0 aromatic heterocycles. The summed E-state index contributed by atoms with van der Waals surface area (Å²) >= 11 is 0. The van der Waals surface area contributed by atoms with E-state index in [1.807, 2.05) is 24.3 Å². The van der Waals surface area contributed by atoms with Crippen LogP contribution in [0.1, 0.15) is 31.8 Å². The van der Waals surface area contributed by atoms with E-state index in [4.69, 9.17) is 23.7 Å². The summed E-state index contributed by atoms with van der Waals surface area (Å²) in [5.41, 5.74) is 2.50. The fourth-order valence-electron chi connectivity index (χ4n) is 3.25.